The fourth-order valence-electron chi connectivity index (χ4n) is 2.24. The van der Waals surface area contributed by atoms with E-state index in [1.807, 2.05) is 0 Å². The van der Waals surface area contributed by atoms with E-state index in [2.05, 4.69) is 5.16 Å². The third-order valence-electron chi connectivity index (χ3n) is 3.45. The first-order chi connectivity index (χ1) is 11.6. The summed E-state index contributed by atoms with van der Waals surface area (Å²) in [7, 11) is 4.69. The fourth-order valence-corrected chi connectivity index (χ4v) is 2.24. The van der Waals surface area contributed by atoms with E-state index in [0.29, 0.717) is 39.8 Å². The summed E-state index contributed by atoms with van der Waals surface area (Å²) >= 11 is 0. The van der Waals surface area contributed by atoms with Crippen molar-refractivity contribution in [2.24, 2.45) is 5.16 Å². The number of allylic oxidation sites excluding steroid dienone is 1. The quantitative estimate of drug-likeness (QED) is 0.368. The zero-order valence-corrected chi connectivity index (χ0v) is 13.8. The maximum Gasteiger partial charge on any atom is 0.133 e. The molecule has 0 heterocycles. The van der Waals surface area contributed by atoms with Gasteiger partial charge in [0.25, 0.3) is 0 Å². The Labute approximate surface area is 140 Å². The van der Waals surface area contributed by atoms with Gasteiger partial charge in [-0.15, -0.1) is 0 Å². The number of hydrogen-bond acceptors (Lipinski definition) is 6. The molecule has 0 aliphatic rings. The number of benzene rings is 2. The molecule has 0 saturated carbocycles. The molecule has 0 fully saturated rings. The van der Waals surface area contributed by atoms with Gasteiger partial charge in [-0.3, -0.25) is 0 Å². The highest BCUT2D eigenvalue weighted by Gasteiger charge is 2.11. The highest BCUT2D eigenvalue weighted by atomic mass is 16.5. The second-order valence-electron chi connectivity index (χ2n) is 4.89. The highest BCUT2D eigenvalue weighted by Crippen LogP contribution is 2.35. The Hall–Kier alpha value is -3.15. The predicted octanol–water partition coefficient (Wildman–Crippen LogP) is 3.19. The number of nitrogens with two attached hydrogens (primary N) is 1. The van der Waals surface area contributed by atoms with Gasteiger partial charge in [0.15, 0.2) is 0 Å². The Morgan fingerprint density at radius 1 is 1.04 bits per heavy atom. The summed E-state index contributed by atoms with van der Waals surface area (Å²) in [6.07, 6.45) is 3.40. The molecule has 0 bridgehead atoms. The van der Waals surface area contributed by atoms with E-state index in [0.717, 1.165) is 0 Å². The lowest BCUT2D eigenvalue weighted by molar-refractivity contribution is 0.320. The number of rotatable bonds is 6. The lowest BCUT2D eigenvalue weighted by Crippen LogP contribution is -1.99. The molecule has 0 aliphatic heterocycles. The van der Waals surface area contributed by atoms with Gasteiger partial charge >= 0.3 is 0 Å². The standard InChI is InChI=1S/C18H20N2O4/c1-22-14-10-17(23-2)15(18(11-14)24-3)7-8-16(20-21)12-5-4-6-13(19)9-12/h4-11,21H,19H2,1-3H3. The van der Waals surface area contributed by atoms with Gasteiger partial charge in [0.1, 0.15) is 23.0 Å². The van der Waals surface area contributed by atoms with Crippen LogP contribution in [0.4, 0.5) is 5.69 Å². The molecule has 0 atom stereocenters. The largest absolute Gasteiger partial charge is 0.496 e. The first kappa shape index (κ1) is 17.2. The van der Waals surface area contributed by atoms with Crippen LogP contribution in [-0.2, 0) is 0 Å². The van der Waals surface area contributed by atoms with Gasteiger partial charge < -0.3 is 25.2 Å². The maximum atomic E-state index is 9.30. The molecule has 6 heteroatoms. The van der Waals surface area contributed by atoms with E-state index in [1.54, 1.807) is 69.9 Å². The Morgan fingerprint density at radius 2 is 1.71 bits per heavy atom. The fraction of sp³-hybridized carbons (Fsp3) is 0.167. The second kappa shape index (κ2) is 7.92. The van der Waals surface area contributed by atoms with Crippen molar-refractivity contribution in [3.63, 3.8) is 0 Å². The van der Waals surface area contributed by atoms with E-state index >= 15 is 0 Å². The number of hydrogen-bond donors (Lipinski definition) is 2. The van der Waals surface area contributed by atoms with Gasteiger partial charge in [-0.1, -0.05) is 17.3 Å². The Kier molecular flexibility index (Phi) is 5.68. The topological polar surface area (TPSA) is 86.3 Å². The van der Waals surface area contributed by atoms with Crippen LogP contribution in [0, 0.1) is 0 Å². The molecule has 3 N–H and O–H groups in total. The lowest BCUT2D eigenvalue weighted by Gasteiger charge is -2.12. The Bertz CT molecular complexity index is 744. The Balaban J connectivity index is 2.43. The molecule has 2 rings (SSSR count). The van der Waals surface area contributed by atoms with Crippen molar-refractivity contribution in [2.75, 3.05) is 27.1 Å². The minimum atomic E-state index is 0.363. The molecule has 0 unspecified atom stereocenters. The highest BCUT2D eigenvalue weighted by molar-refractivity contribution is 6.11. The molecule has 0 radical (unpaired) electrons. The molecule has 24 heavy (non-hydrogen) atoms. The molecule has 0 aliphatic carbocycles. The normalized spacial score (nSPS) is 11.5. The van der Waals surface area contributed by atoms with Crippen molar-refractivity contribution in [3.8, 4) is 17.2 Å². The van der Waals surface area contributed by atoms with Gasteiger partial charge in [-0.2, -0.15) is 0 Å². The average Bonchev–Trinajstić information content (AvgIpc) is 2.61. The van der Waals surface area contributed by atoms with Crippen LogP contribution in [-0.4, -0.2) is 32.2 Å². The number of ether oxygens (including phenoxy) is 3. The molecule has 6 nitrogen and oxygen atoms in total. The van der Waals surface area contributed by atoms with E-state index in [9.17, 15) is 5.21 Å². The van der Waals surface area contributed by atoms with Crippen LogP contribution < -0.4 is 19.9 Å². The van der Waals surface area contributed by atoms with Gasteiger partial charge in [0.2, 0.25) is 0 Å². The van der Waals surface area contributed by atoms with Crippen LogP contribution in [0.3, 0.4) is 0 Å². The molecule has 0 saturated heterocycles. The molecule has 126 valence electrons. The zero-order chi connectivity index (χ0) is 17.5. The monoisotopic (exact) mass is 328 g/mol. The first-order valence-electron chi connectivity index (χ1n) is 7.19. The summed E-state index contributed by atoms with van der Waals surface area (Å²) in [6, 6.07) is 10.6. The molecule has 2 aromatic carbocycles. The minimum Gasteiger partial charge on any atom is -0.496 e. The first-order valence-corrected chi connectivity index (χ1v) is 7.19. The third kappa shape index (κ3) is 3.78. The number of nitrogens with zero attached hydrogens (tertiary/aromatic N) is 1. The van der Waals surface area contributed by atoms with E-state index in [1.165, 1.54) is 0 Å². The van der Waals surface area contributed by atoms with Gasteiger partial charge in [-0.25, -0.2) is 0 Å². The van der Waals surface area contributed by atoms with E-state index in [-0.39, 0.29) is 0 Å². The van der Waals surface area contributed by atoms with Crippen LogP contribution in [0.2, 0.25) is 0 Å². The van der Waals surface area contributed by atoms with Crippen molar-refractivity contribution in [2.45, 2.75) is 0 Å². The number of oxime groups is 1. The summed E-state index contributed by atoms with van der Waals surface area (Å²) in [5.41, 5.74) is 8.11. The van der Waals surface area contributed by atoms with Crippen molar-refractivity contribution in [1.82, 2.24) is 0 Å². The van der Waals surface area contributed by atoms with Crippen LogP contribution in [0.5, 0.6) is 17.2 Å². The molecule has 0 amide bonds. The summed E-state index contributed by atoms with van der Waals surface area (Å²) in [4.78, 5) is 0. The summed E-state index contributed by atoms with van der Waals surface area (Å²) in [6.45, 7) is 0. The van der Waals surface area contributed by atoms with Crippen molar-refractivity contribution < 1.29 is 19.4 Å². The summed E-state index contributed by atoms with van der Waals surface area (Å²) < 4.78 is 16.0. The van der Waals surface area contributed by atoms with E-state index < -0.39 is 0 Å². The van der Waals surface area contributed by atoms with Crippen molar-refractivity contribution in [1.29, 1.82) is 0 Å². The smallest absolute Gasteiger partial charge is 0.133 e. The third-order valence-corrected chi connectivity index (χ3v) is 3.45. The van der Waals surface area contributed by atoms with Crippen LogP contribution in [0.25, 0.3) is 6.08 Å². The maximum absolute atomic E-state index is 9.30. The van der Waals surface area contributed by atoms with E-state index in [4.69, 9.17) is 19.9 Å². The summed E-state index contributed by atoms with van der Waals surface area (Å²) in [5.74, 6) is 1.77. The average molecular weight is 328 g/mol. The Morgan fingerprint density at radius 3 is 2.21 bits per heavy atom. The molecule has 2 aromatic rings. The SMILES string of the molecule is COc1cc(OC)c(C=CC(=NO)c2cccc(N)c2)c(OC)c1. The van der Waals surface area contributed by atoms with Crippen LogP contribution in [0.1, 0.15) is 11.1 Å². The number of anilines is 1. The van der Waals surface area contributed by atoms with Crippen molar-refractivity contribution in [3.05, 3.63) is 53.6 Å². The second-order valence-corrected chi connectivity index (χ2v) is 4.89. The lowest BCUT2D eigenvalue weighted by atomic mass is 10.1. The van der Waals surface area contributed by atoms with Crippen molar-refractivity contribution >= 4 is 17.5 Å². The van der Waals surface area contributed by atoms with Gasteiger partial charge in [-0.05, 0) is 24.3 Å². The molecular weight excluding hydrogens is 308 g/mol. The van der Waals surface area contributed by atoms with Gasteiger partial charge in [0.05, 0.1) is 26.9 Å². The number of nitrogen functional groups attached to an aromatic ring is 1. The van der Waals surface area contributed by atoms with Crippen LogP contribution in [0.15, 0.2) is 47.6 Å². The predicted molar refractivity (Wildman–Crippen MR) is 94.3 cm³/mol. The van der Waals surface area contributed by atoms with Crippen LogP contribution >= 0.6 is 0 Å². The molecular formula is C18H20N2O4. The van der Waals surface area contributed by atoms with Gasteiger partial charge in [0, 0.05) is 23.4 Å². The summed E-state index contributed by atoms with van der Waals surface area (Å²) in [5, 5.41) is 12.6. The minimum absolute atomic E-state index is 0.363. The zero-order valence-electron chi connectivity index (χ0n) is 13.8. The molecule has 0 spiro atoms. The number of methoxy groups -OCH3 is 3. The molecule has 0 aromatic heterocycles.